The average molecular weight is 238 g/mol. The molecule has 2 heterocycles. The first-order chi connectivity index (χ1) is 6.33. The van der Waals surface area contributed by atoms with Gasteiger partial charge in [0.1, 0.15) is 10.3 Å². The molecule has 4 nitrogen and oxygen atoms in total. The summed E-state index contributed by atoms with van der Waals surface area (Å²) in [7, 11) is 0. The fraction of sp³-hybridized carbons (Fsp3) is 0. The van der Waals surface area contributed by atoms with E-state index in [9.17, 15) is 4.79 Å². The minimum atomic E-state index is 0.511. The Labute approximate surface area is 82.1 Å². The van der Waals surface area contributed by atoms with Gasteiger partial charge in [0.15, 0.2) is 5.82 Å². The predicted octanol–water partition coefficient (Wildman–Crippen LogP) is 2.06. The van der Waals surface area contributed by atoms with Gasteiger partial charge in [-0.15, -0.1) is 4.99 Å². The Kier molecular flexibility index (Phi) is 1.96. The van der Waals surface area contributed by atoms with E-state index >= 15 is 0 Å². The number of rotatable bonds is 1. The van der Waals surface area contributed by atoms with Crippen molar-refractivity contribution in [3.8, 4) is 0 Å². The molecule has 0 radical (unpaired) electrons. The summed E-state index contributed by atoms with van der Waals surface area (Å²) in [5, 5.41) is 0. The van der Waals surface area contributed by atoms with Crippen LogP contribution >= 0.6 is 15.9 Å². The smallest absolute Gasteiger partial charge is 0.242 e. The van der Waals surface area contributed by atoms with Crippen LogP contribution in [0.1, 0.15) is 0 Å². The molecule has 13 heavy (non-hydrogen) atoms. The third kappa shape index (κ3) is 1.28. The van der Waals surface area contributed by atoms with Gasteiger partial charge in [-0.1, -0.05) is 6.07 Å². The standard InChI is InChI=1S/C8H4BrN3O/c9-6-4-10-7-2-1-3-8(11-5-13)12(6)7/h1-4H. The summed E-state index contributed by atoms with van der Waals surface area (Å²) in [4.78, 5) is 17.8. The van der Waals surface area contributed by atoms with Crippen LogP contribution in [0.4, 0.5) is 5.82 Å². The molecule has 0 atom stereocenters. The number of fused-ring (bicyclic) bond motifs is 1. The van der Waals surface area contributed by atoms with Crippen molar-refractivity contribution in [2.45, 2.75) is 0 Å². The molecule has 0 aliphatic carbocycles. The number of imidazole rings is 1. The zero-order valence-corrected chi connectivity index (χ0v) is 8.02. The van der Waals surface area contributed by atoms with E-state index < -0.39 is 0 Å². The molecule has 0 fully saturated rings. The molecule has 0 unspecified atom stereocenters. The molecule has 0 aliphatic heterocycles. The number of hydrogen-bond acceptors (Lipinski definition) is 3. The molecule has 0 bridgehead atoms. The van der Waals surface area contributed by atoms with Crippen LogP contribution in [0.15, 0.2) is 34.0 Å². The van der Waals surface area contributed by atoms with Gasteiger partial charge in [-0.05, 0) is 28.1 Å². The van der Waals surface area contributed by atoms with Crippen LogP contribution < -0.4 is 0 Å². The van der Waals surface area contributed by atoms with Crippen molar-refractivity contribution in [1.82, 2.24) is 9.38 Å². The van der Waals surface area contributed by atoms with E-state index in [4.69, 9.17) is 0 Å². The first kappa shape index (κ1) is 8.16. The SMILES string of the molecule is O=C=Nc1cccc2ncc(Br)n12. The van der Waals surface area contributed by atoms with E-state index in [1.54, 1.807) is 22.7 Å². The van der Waals surface area contributed by atoms with Crippen molar-refractivity contribution in [3.63, 3.8) is 0 Å². The lowest BCUT2D eigenvalue weighted by atomic mass is 10.4. The minimum Gasteiger partial charge on any atom is -0.270 e. The van der Waals surface area contributed by atoms with Crippen LogP contribution in [0.3, 0.4) is 0 Å². The zero-order valence-electron chi connectivity index (χ0n) is 6.44. The molecule has 0 N–H and O–H groups in total. The second kappa shape index (κ2) is 3.12. The summed E-state index contributed by atoms with van der Waals surface area (Å²) in [6, 6.07) is 5.32. The normalized spacial score (nSPS) is 9.92. The Morgan fingerprint density at radius 3 is 3.15 bits per heavy atom. The molecule has 0 aliphatic rings. The molecule has 0 saturated carbocycles. The van der Waals surface area contributed by atoms with E-state index in [1.165, 1.54) is 6.08 Å². The Morgan fingerprint density at radius 2 is 2.38 bits per heavy atom. The molecule has 0 saturated heterocycles. The number of hydrogen-bond donors (Lipinski definition) is 0. The van der Waals surface area contributed by atoms with Gasteiger partial charge in [0, 0.05) is 0 Å². The summed E-state index contributed by atoms with van der Waals surface area (Å²) < 4.78 is 2.47. The number of aromatic nitrogens is 2. The van der Waals surface area contributed by atoms with Gasteiger partial charge in [0.2, 0.25) is 6.08 Å². The quantitative estimate of drug-likeness (QED) is 0.563. The first-order valence-corrected chi connectivity index (χ1v) is 4.32. The lowest BCUT2D eigenvalue weighted by Gasteiger charge is -1.97. The topological polar surface area (TPSA) is 46.7 Å². The Bertz CT molecular complexity index is 499. The second-order valence-corrected chi connectivity index (χ2v) is 3.17. The number of pyridine rings is 1. The van der Waals surface area contributed by atoms with Crippen molar-refractivity contribution in [1.29, 1.82) is 0 Å². The molecule has 0 aromatic carbocycles. The fourth-order valence-corrected chi connectivity index (χ4v) is 1.58. The molecule has 0 spiro atoms. The van der Waals surface area contributed by atoms with Crippen molar-refractivity contribution < 1.29 is 4.79 Å². The molecule has 64 valence electrons. The van der Waals surface area contributed by atoms with Gasteiger partial charge in [-0.2, -0.15) is 0 Å². The highest BCUT2D eigenvalue weighted by atomic mass is 79.9. The van der Waals surface area contributed by atoms with Gasteiger partial charge in [0.25, 0.3) is 0 Å². The summed E-state index contributed by atoms with van der Waals surface area (Å²) in [6.45, 7) is 0. The van der Waals surface area contributed by atoms with E-state index in [1.807, 2.05) is 6.07 Å². The maximum atomic E-state index is 10.1. The van der Waals surface area contributed by atoms with Crippen LogP contribution in [0, 0.1) is 0 Å². The Hall–Kier alpha value is -1.45. The lowest BCUT2D eigenvalue weighted by Crippen LogP contribution is -1.84. The minimum absolute atomic E-state index is 0.511. The highest BCUT2D eigenvalue weighted by molar-refractivity contribution is 9.10. The van der Waals surface area contributed by atoms with Crippen molar-refractivity contribution in [2.75, 3.05) is 0 Å². The Balaban J connectivity index is 2.87. The van der Waals surface area contributed by atoms with E-state index in [0.717, 1.165) is 10.3 Å². The molecular formula is C8H4BrN3O. The molecule has 0 amide bonds. The van der Waals surface area contributed by atoms with Crippen LogP contribution in [-0.2, 0) is 4.79 Å². The van der Waals surface area contributed by atoms with E-state index in [-0.39, 0.29) is 0 Å². The molecule has 2 rings (SSSR count). The third-order valence-electron chi connectivity index (χ3n) is 1.63. The summed E-state index contributed by atoms with van der Waals surface area (Å²) >= 11 is 3.30. The number of carbonyl (C=O) groups excluding carboxylic acids is 1. The number of nitrogens with zero attached hydrogens (tertiary/aromatic N) is 3. The molecular weight excluding hydrogens is 234 g/mol. The average Bonchev–Trinajstić information content (AvgIpc) is 2.50. The monoisotopic (exact) mass is 237 g/mol. The maximum absolute atomic E-state index is 10.1. The van der Waals surface area contributed by atoms with Gasteiger partial charge in [0.05, 0.1) is 6.20 Å². The van der Waals surface area contributed by atoms with Crippen LogP contribution in [-0.4, -0.2) is 15.5 Å². The highest BCUT2D eigenvalue weighted by Crippen LogP contribution is 2.20. The second-order valence-electron chi connectivity index (χ2n) is 2.36. The molecule has 5 heteroatoms. The highest BCUT2D eigenvalue weighted by Gasteiger charge is 2.03. The zero-order chi connectivity index (χ0) is 9.26. The number of aliphatic imine (C=N–C) groups is 1. The summed E-state index contributed by atoms with van der Waals surface area (Å²) in [5.41, 5.74) is 0.739. The van der Waals surface area contributed by atoms with Gasteiger partial charge in [-0.25, -0.2) is 9.78 Å². The third-order valence-corrected chi connectivity index (χ3v) is 2.19. The fourth-order valence-electron chi connectivity index (χ4n) is 1.12. The summed E-state index contributed by atoms with van der Waals surface area (Å²) in [6.07, 6.45) is 3.15. The van der Waals surface area contributed by atoms with Crippen molar-refractivity contribution in [3.05, 3.63) is 29.0 Å². The van der Waals surface area contributed by atoms with Crippen LogP contribution in [0.5, 0.6) is 0 Å². The van der Waals surface area contributed by atoms with Crippen LogP contribution in [0.2, 0.25) is 0 Å². The van der Waals surface area contributed by atoms with Gasteiger partial charge < -0.3 is 0 Å². The van der Waals surface area contributed by atoms with Crippen molar-refractivity contribution in [2.24, 2.45) is 4.99 Å². The van der Waals surface area contributed by atoms with Crippen LogP contribution in [0.25, 0.3) is 5.65 Å². The lowest BCUT2D eigenvalue weighted by molar-refractivity contribution is 0.565. The van der Waals surface area contributed by atoms with Crippen molar-refractivity contribution >= 4 is 33.5 Å². The Morgan fingerprint density at radius 1 is 1.54 bits per heavy atom. The molecule has 2 aromatic heterocycles. The number of halogens is 1. The largest absolute Gasteiger partial charge is 0.270 e. The van der Waals surface area contributed by atoms with E-state index in [2.05, 4.69) is 25.9 Å². The first-order valence-electron chi connectivity index (χ1n) is 3.53. The van der Waals surface area contributed by atoms with E-state index in [0.29, 0.717) is 5.82 Å². The summed E-state index contributed by atoms with van der Waals surface area (Å²) in [5.74, 6) is 0.511. The molecule has 2 aromatic rings. The maximum Gasteiger partial charge on any atom is 0.242 e. The number of isocyanates is 1. The van der Waals surface area contributed by atoms with Gasteiger partial charge >= 0.3 is 0 Å². The predicted molar refractivity (Wildman–Crippen MR) is 50.7 cm³/mol. The van der Waals surface area contributed by atoms with Gasteiger partial charge in [-0.3, -0.25) is 4.40 Å².